The van der Waals surface area contributed by atoms with Crippen LogP contribution in [0.25, 0.3) is 0 Å². The average molecular weight is 289 g/mol. The fraction of sp³-hybridized carbons (Fsp3) is 0.684. The lowest BCUT2D eigenvalue weighted by atomic mass is 9.64. The topological polar surface area (TPSA) is 23.5 Å². The van der Waals surface area contributed by atoms with Crippen LogP contribution < -0.4 is 0 Å². The van der Waals surface area contributed by atoms with Crippen molar-refractivity contribution in [2.45, 2.75) is 63.9 Å². The predicted octanol–water partition coefficient (Wildman–Crippen LogP) is 3.98. The maximum atomic E-state index is 11.5. The first-order valence-electron chi connectivity index (χ1n) is 8.62. The van der Waals surface area contributed by atoms with E-state index in [1.807, 2.05) is 0 Å². The molecule has 1 fully saturated rings. The summed E-state index contributed by atoms with van der Waals surface area (Å²) >= 11 is 0. The molecule has 1 saturated carbocycles. The smallest absolute Gasteiger partial charge is 0.0756 e. The van der Waals surface area contributed by atoms with Gasteiger partial charge in [-0.05, 0) is 37.9 Å². The van der Waals surface area contributed by atoms with Gasteiger partial charge in [0, 0.05) is 12.0 Å². The van der Waals surface area contributed by atoms with Crippen molar-refractivity contribution in [2.75, 3.05) is 19.6 Å². The molecule has 2 heteroatoms. The zero-order valence-corrected chi connectivity index (χ0v) is 13.9. The zero-order valence-electron chi connectivity index (χ0n) is 13.9. The van der Waals surface area contributed by atoms with Crippen LogP contribution in [0, 0.1) is 0 Å². The molecule has 0 unspecified atom stereocenters. The van der Waals surface area contributed by atoms with E-state index in [2.05, 4.69) is 56.0 Å². The average Bonchev–Trinajstić information content (AvgIpc) is 2.98. The standard InChI is InChI=1S/C19H31NO/c1-4-18(16-20(5-2)6-3,17-12-8-7-9-13-17)19(21)14-10-11-15-19/h7-9,12-13,21H,4-6,10-11,14-16H2,1-3H3/t18-/m0/s1. The lowest BCUT2D eigenvalue weighted by Crippen LogP contribution is -2.56. The van der Waals surface area contributed by atoms with Crippen LogP contribution in [0.1, 0.15) is 58.4 Å². The minimum absolute atomic E-state index is 0.142. The highest BCUT2D eigenvalue weighted by Gasteiger charge is 2.51. The summed E-state index contributed by atoms with van der Waals surface area (Å²) in [5, 5.41) is 11.5. The molecule has 0 saturated heterocycles. The van der Waals surface area contributed by atoms with Crippen LogP contribution in [-0.2, 0) is 5.41 Å². The molecule has 1 aromatic carbocycles. The Morgan fingerprint density at radius 1 is 1.05 bits per heavy atom. The van der Waals surface area contributed by atoms with Gasteiger partial charge in [0.1, 0.15) is 0 Å². The first kappa shape index (κ1) is 16.5. The highest BCUT2D eigenvalue weighted by molar-refractivity contribution is 5.31. The van der Waals surface area contributed by atoms with Gasteiger partial charge in [-0.2, -0.15) is 0 Å². The second kappa shape index (κ2) is 6.93. The fourth-order valence-corrected chi connectivity index (χ4v) is 4.18. The summed E-state index contributed by atoms with van der Waals surface area (Å²) < 4.78 is 0. The molecule has 2 rings (SSSR count). The second-order valence-corrected chi connectivity index (χ2v) is 6.50. The van der Waals surface area contributed by atoms with Crippen molar-refractivity contribution in [1.29, 1.82) is 0 Å². The Morgan fingerprint density at radius 3 is 2.10 bits per heavy atom. The normalized spacial score (nSPS) is 20.6. The van der Waals surface area contributed by atoms with Crippen molar-refractivity contribution >= 4 is 0 Å². The molecule has 0 bridgehead atoms. The summed E-state index contributed by atoms with van der Waals surface area (Å²) in [5.74, 6) is 0. The van der Waals surface area contributed by atoms with Gasteiger partial charge in [0.25, 0.3) is 0 Å². The van der Waals surface area contributed by atoms with E-state index in [9.17, 15) is 5.11 Å². The van der Waals surface area contributed by atoms with Gasteiger partial charge < -0.3 is 10.0 Å². The molecular weight excluding hydrogens is 258 g/mol. The van der Waals surface area contributed by atoms with Gasteiger partial charge >= 0.3 is 0 Å². The molecule has 118 valence electrons. The molecule has 0 heterocycles. The second-order valence-electron chi connectivity index (χ2n) is 6.50. The summed E-state index contributed by atoms with van der Waals surface area (Å²) in [5.41, 5.74) is 0.617. The predicted molar refractivity (Wildman–Crippen MR) is 89.6 cm³/mol. The number of hydrogen-bond donors (Lipinski definition) is 1. The summed E-state index contributed by atoms with van der Waals surface area (Å²) in [4.78, 5) is 2.47. The van der Waals surface area contributed by atoms with E-state index in [0.717, 1.165) is 51.7 Å². The Morgan fingerprint density at radius 2 is 1.62 bits per heavy atom. The van der Waals surface area contributed by atoms with Crippen LogP contribution >= 0.6 is 0 Å². The zero-order chi connectivity index (χ0) is 15.3. The SMILES string of the molecule is CCN(CC)C[C@@](CC)(c1ccccc1)C1(O)CCCC1. The maximum absolute atomic E-state index is 11.5. The third kappa shape index (κ3) is 3.02. The van der Waals surface area contributed by atoms with Crippen LogP contribution in [-0.4, -0.2) is 35.2 Å². The number of aliphatic hydroxyl groups is 1. The van der Waals surface area contributed by atoms with E-state index in [0.29, 0.717) is 0 Å². The number of rotatable bonds is 7. The third-order valence-electron chi connectivity index (χ3n) is 5.64. The largest absolute Gasteiger partial charge is 0.389 e. The maximum Gasteiger partial charge on any atom is 0.0756 e. The summed E-state index contributed by atoms with van der Waals surface area (Å²) in [6, 6.07) is 10.7. The molecule has 0 aliphatic heterocycles. The molecule has 0 radical (unpaired) electrons. The number of likely N-dealkylation sites (N-methyl/N-ethyl adjacent to an activating group) is 1. The van der Waals surface area contributed by atoms with E-state index in [1.54, 1.807) is 0 Å². The Kier molecular flexibility index (Phi) is 5.45. The minimum atomic E-state index is -0.550. The van der Waals surface area contributed by atoms with E-state index < -0.39 is 5.60 Å². The Hall–Kier alpha value is -0.860. The molecule has 0 amide bonds. The highest BCUT2D eigenvalue weighted by Crippen LogP contribution is 2.48. The van der Waals surface area contributed by atoms with Gasteiger partial charge in [0.2, 0.25) is 0 Å². The van der Waals surface area contributed by atoms with Crippen molar-refractivity contribution in [1.82, 2.24) is 4.90 Å². The minimum Gasteiger partial charge on any atom is -0.389 e. The summed E-state index contributed by atoms with van der Waals surface area (Å²) in [6.45, 7) is 9.72. The highest BCUT2D eigenvalue weighted by atomic mass is 16.3. The van der Waals surface area contributed by atoms with Crippen LogP contribution in [0.2, 0.25) is 0 Å². The van der Waals surface area contributed by atoms with Crippen molar-refractivity contribution in [3.05, 3.63) is 35.9 Å². The van der Waals surface area contributed by atoms with Crippen LogP contribution in [0.15, 0.2) is 30.3 Å². The number of nitrogens with zero attached hydrogens (tertiary/aromatic N) is 1. The quantitative estimate of drug-likeness (QED) is 0.820. The Bertz CT molecular complexity index is 420. The van der Waals surface area contributed by atoms with Crippen molar-refractivity contribution in [3.63, 3.8) is 0 Å². The monoisotopic (exact) mass is 289 g/mol. The van der Waals surface area contributed by atoms with Crippen LogP contribution in [0.3, 0.4) is 0 Å². The molecule has 1 aliphatic rings. The van der Waals surface area contributed by atoms with Gasteiger partial charge in [0.15, 0.2) is 0 Å². The summed E-state index contributed by atoms with van der Waals surface area (Å²) in [6.07, 6.45) is 5.19. The van der Waals surface area contributed by atoms with Crippen molar-refractivity contribution < 1.29 is 5.11 Å². The van der Waals surface area contributed by atoms with Crippen molar-refractivity contribution in [3.8, 4) is 0 Å². The summed E-state index contributed by atoms with van der Waals surface area (Å²) in [7, 11) is 0. The molecular formula is C19H31NO. The molecule has 1 N–H and O–H groups in total. The molecule has 2 nitrogen and oxygen atoms in total. The van der Waals surface area contributed by atoms with Crippen molar-refractivity contribution in [2.24, 2.45) is 0 Å². The van der Waals surface area contributed by atoms with E-state index >= 15 is 0 Å². The van der Waals surface area contributed by atoms with Gasteiger partial charge in [0.05, 0.1) is 5.60 Å². The first-order chi connectivity index (χ1) is 10.1. The number of hydrogen-bond acceptors (Lipinski definition) is 2. The Balaban J connectivity index is 2.45. The first-order valence-corrected chi connectivity index (χ1v) is 8.62. The van der Waals surface area contributed by atoms with E-state index in [4.69, 9.17) is 0 Å². The molecule has 21 heavy (non-hydrogen) atoms. The van der Waals surface area contributed by atoms with E-state index in [1.165, 1.54) is 5.56 Å². The van der Waals surface area contributed by atoms with E-state index in [-0.39, 0.29) is 5.41 Å². The number of benzene rings is 1. The lowest BCUT2D eigenvalue weighted by Gasteiger charge is -2.48. The molecule has 1 aromatic rings. The van der Waals surface area contributed by atoms with Gasteiger partial charge in [-0.15, -0.1) is 0 Å². The van der Waals surface area contributed by atoms with Gasteiger partial charge in [-0.25, -0.2) is 0 Å². The van der Waals surface area contributed by atoms with Gasteiger partial charge in [-0.1, -0.05) is 63.9 Å². The van der Waals surface area contributed by atoms with Gasteiger partial charge in [-0.3, -0.25) is 0 Å². The van der Waals surface area contributed by atoms with Crippen LogP contribution in [0.5, 0.6) is 0 Å². The third-order valence-corrected chi connectivity index (χ3v) is 5.64. The molecule has 0 aromatic heterocycles. The lowest BCUT2D eigenvalue weighted by molar-refractivity contribution is -0.0510. The van der Waals surface area contributed by atoms with Crippen LogP contribution in [0.4, 0.5) is 0 Å². The Labute approximate surface area is 130 Å². The molecule has 1 aliphatic carbocycles. The fourth-order valence-electron chi connectivity index (χ4n) is 4.18. The molecule has 1 atom stereocenters. The molecule has 0 spiro atoms.